The first-order chi connectivity index (χ1) is 21.9. The molecule has 1 unspecified atom stereocenters. The first-order valence-electron chi connectivity index (χ1n) is 15.4. The van der Waals surface area contributed by atoms with Crippen molar-refractivity contribution in [2.75, 3.05) is 5.32 Å². The molecule has 0 radical (unpaired) electrons. The maximum Gasteiger partial charge on any atom is 0.249 e. The lowest BCUT2D eigenvalue weighted by Crippen LogP contribution is -2.53. The number of amides is 2. The van der Waals surface area contributed by atoms with Crippen molar-refractivity contribution in [3.63, 3.8) is 0 Å². The Labute approximate surface area is 265 Å². The van der Waals surface area contributed by atoms with Crippen molar-refractivity contribution in [1.29, 1.82) is 0 Å². The highest BCUT2D eigenvalue weighted by molar-refractivity contribution is 5.90. The number of nitrogens with one attached hydrogen (secondary N) is 3. The molecule has 3 aliphatic heterocycles. The second kappa shape index (κ2) is 10.7. The summed E-state index contributed by atoms with van der Waals surface area (Å²) in [6.07, 6.45) is -0.380. The fourth-order valence-corrected chi connectivity index (χ4v) is 6.61. The normalized spacial score (nSPS) is 23.7. The molecule has 12 nitrogen and oxygen atoms in total. The van der Waals surface area contributed by atoms with Gasteiger partial charge in [0.2, 0.25) is 23.6 Å². The Morgan fingerprint density at radius 3 is 2.63 bits per heavy atom. The number of nitrogens with zero attached hydrogens (tertiary/aromatic N) is 2. The van der Waals surface area contributed by atoms with E-state index >= 15 is 0 Å². The summed E-state index contributed by atoms with van der Waals surface area (Å²) < 4.78 is 19.2. The summed E-state index contributed by atoms with van der Waals surface area (Å²) in [5, 5.41) is 29.7. The molecule has 1 spiro atoms. The third kappa shape index (κ3) is 4.58. The number of fused-ring (bicyclic) bond motifs is 4. The molecule has 4 bridgehead atoms. The average Bonchev–Trinajstić information content (AvgIpc) is 3.78. The van der Waals surface area contributed by atoms with Crippen molar-refractivity contribution in [2.24, 2.45) is 11.3 Å². The van der Waals surface area contributed by atoms with Gasteiger partial charge < -0.3 is 39.7 Å². The van der Waals surface area contributed by atoms with Crippen LogP contribution >= 0.6 is 0 Å². The molecule has 5 atom stereocenters. The standard InChI is InChI=1S/C34H37N5O7/c1-16(2)25(41)29(43)36-22-13-17-10-11-23-20(12-17)34(19-8-6-7-9-21(19)37-32(34)45-23)27-24(30-35-18(14-40)15-44-30)38-31(46-27)26(33(3,4)5)39-28(22)42/h6-12,15-16,22,25-26,32,37,40-41H,13-14H2,1-5H3,(H,36,43)(H,39,42)/t22?,25-,26+,32+,34-/m0/s1. The van der Waals surface area contributed by atoms with E-state index in [9.17, 15) is 19.8 Å². The predicted octanol–water partition coefficient (Wildman–Crippen LogP) is 3.56. The number of ether oxygens (including phenoxy) is 1. The highest BCUT2D eigenvalue weighted by atomic mass is 16.5. The molecule has 240 valence electrons. The summed E-state index contributed by atoms with van der Waals surface area (Å²) in [5.41, 5.74) is 2.29. The summed E-state index contributed by atoms with van der Waals surface area (Å²) in [7, 11) is 0. The first kappa shape index (κ1) is 30.0. The summed E-state index contributed by atoms with van der Waals surface area (Å²) in [5.74, 6) is -0.0293. The van der Waals surface area contributed by atoms with Crippen molar-refractivity contribution >= 4 is 17.5 Å². The van der Waals surface area contributed by atoms with E-state index in [0.29, 0.717) is 22.9 Å². The Morgan fingerprint density at radius 2 is 1.91 bits per heavy atom. The molecule has 2 aromatic heterocycles. The zero-order chi connectivity index (χ0) is 32.5. The minimum Gasteiger partial charge on any atom is -0.469 e. The van der Waals surface area contributed by atoms with Crippen molar-refractivity contribution < 1.29 is 33.4 Å². The van der Waals surface area contributed by atoms with Gasteiger partial charge in [0.15, 0.2) is 17.7 Å². The Bertz CT molecular complexity index is 1840. The van der Waals surface area contributed by atoms with Gasteiger partial charge in [-0.05, 0) is 34.6 Å². The zero-order valence-electron chi connectivity index (χ0n) is 26.2. The van der Waals surface area contributed by atoms with E-state index in [0.717, 1.165) is 22.4 Å². The molecule has 0 aliphatic carbocycles. The van der Waals surface area contributed by atoms with E-state index in [-0.39, 0.29) is 30.7 Å². The van der Waals surface area contributed by atoms with E-state index in [1.165, 1.54) is 6.26 Å². The Balaban J connectivity index is 1.49. The summed E-state index contributed by atoms with van der Waals surface area (Å²) in [6.45, 7) is 9.00. The van der Waals surface area contributed by atoms with Crippen LogP contribution in [0.1, 0.15) is 74.7 Å². The molecular formula is C34H37N5O7. The number of aliphatic hydroxyl groups is 2. The molecular weight excluding hydrogens is 590 g/mol. The van der Waals surface area contributed by atoms with Gasteiger partial charge in [-0.2, -0.15) is 0 Å². The van der Waals surface area contributed by atoms with Crippen LogP contribution in [-0.2, 0) is 28.0 Å². The topological polar surface area (TPSA) is 172 Å². The van der Waals surface area contributed by atoms with E-state index in [1.807, 2.05) is 63.2 Å². The van der Waals surface area contributed by atoms with E-state index < -0.39 is 47.1 Å². The molecule has 4 aromatic rings. The van der Waals surface area contributed by atoms with Gasteiger partial charge in [0, 0.05) is 17.7 Å². The molecule has 46 heavy (non-hydrogen) atoms. The number of carbonyl (C=O) groups is 2. The van der Waals surface area contributed by atoms with Gasteiger partial charge in [-0.3, -0.25) is 9.59 Å². The quantitative estimate of drug-likeness (QED) is 0.220. The molecule has 12 heteroatoms. The van der Waals surface area contributed by atoms with Crippen LogP contribution in [0, 0.1) is 11.3 Å². The van der Waals surface area contributed by atoms with Crippen LogP contribution in [0.3, 0.4) is 0 Å². The summed E-state index contributed by atoms with van der Waals surface area (Å²) in [4.78, 5) is 36.6. The van der Waals surface area contributed by atoms with Crippen LogP contribution in [-0.4, -0.2) is 50.4 Å². The highest BCUT2D eigenvalue weighted by Crippen LogP contribution is 2.59. The number of rotatable bonds is 5. The lowest BCUT2D eigenvalue weighted by atomic mass is 9.72. The number of hydrogen-bond donors (Lipinski definition) is 5. The van der Waals surface area contributed by atoms with Crippen LogP contribution in [0.4, 0.5) is 5.69 Å². The van der Waals surface area contributed by atoms with E-state index in [4.69, 9.17) is 18.6 Å². The minimum absolute atomic E-state index is 0.151. The van der Waals surface area contributed by atoms with Crippen LogP contribution in [0.2, 0.25) is 0 Å². The number of benzene rings is 2. The van der Waals surface area contributed by atoms with Crippen molar-refractivity contribution in [2.45, 2.75) is 77.5 Å². The number of aliphatic hydroxyl groups excluding tert-OH is 2. The maximum absolute atomic E-state index is 14.0. The molecule has 2 aromatic carbocycles. The molecule has 0 saturated carbocycles. The fraction of sp³-hybridized carbons (Fsp3) is 0.412. The number of para-hydroxylation sites is 1. The molecule has 0 fully saturated rings. The first-order valence-corrected chi connectivity index (χ1v) is 15.4. The van der Waals surface area contributed by atoms with Gasteiger partial charge in [-0.25, -0.2) is 9.97 Å². The van der Waals surface area contributed by atoms with Gasteiger partial charge in [0.05, 0.1) is 6.61 Å². The van der Waals surface area contributed by atoms with E-state index in [1.54, 1.807) is 13.8 Å². The number of carbonyl (C=O) groups excluding carboxylic acids is 2. The van der Waals surface area contributed by atoms with E-state index in [2.05, 4.69) is 20.9 Å². The van der Waals surface area contributed by atoms with Gasteiger partial charge >= 0.3 is 0 Å². The Morgan fingerprint density at radius 1 is 1.13 bits per heavy atom. The lowest BCUT2D eigenvalue weighted by molar-refractivity contribution is -0.136. The Kier molecular flexibility index (Phi) is 6.98. The smallest absolute Gasteiger partial charge is 0.249 e. The number of oxazole rings is 2. The van der Waals surface area contributed by atoms with Crippen molar-refractivity contribution in [3.8, 4) is 17.3 Å². The van der Waals surface area contributed by atoms with Crippen LogP contribution in [0.25, 0.3) is 11.6 Å². The number of hydrogen-bond acceptors (Lipinski definition) is 10. The van der Waals surface area contributed by atoms with Crippen LogP contribution in [0.15, 0.2) is 57.6 Å². The maximum atomic E-state index is 14.0. The lowest BCUT2D eigenvalue weighted by Gasteiger charge is -2.32. The summed E-state index contributed by atoms with van der Waals surface area (Å²) in [6, 6.07) is 11.8. The van der Waals surface area contributed by atoms with Crippen molar-refractivity contribution in [1.82, 2.24) is 20.6 Å². The molecule has 2 amide bonds. The second-order valence-electron chi connectivity index (χ2n) is 13.6. The van der Waals surface area contributed by atoms with Crippen LogP contribution in [0.5, 0.6) is 5.75 Å². The van der Waals surface area contributed by atoms with Crippen molar-refractivity contribution in [3.05, 3.63) is 82.8 Å². The highest BCUT2D eigenvalue weighted by Gasteiger charge is 2.61. The van der Waals surface area contributed by atoms with Gasteiger partial charge in [0.1, 0.15) is 41.3 Å². The average molecular weight is 628 g/mol. The van der Waals surface area contributed by atoms with Gasteiger partial charge in [-0.15, -0.1) is 0 Å². The van der Waals surface area contributed by atoms with Crippen LogP contribution < -0.4 is 20.7 Å². The monoisotopic (exact) mass is 627 g/mol. The third-order valence-electron chi connectivity index (χ3n) is 9.04. The minimum atomic E-state index is -1.28. The Hall–Kier alpha value is -4.68. The predicted molar refractivity (Wildman–Crippen MR) is 166 cm³/mol. The second-order valence-corrected chi connectivity index (χ2v) is 13.6. The largest absolute Gasteiger partial charge is 0.469 e. The molecule has 5 N–H and O–H groups in total. The molecule has 7 rings (SSSR count). The summed E-state index contributed by atoms with van der Waals surface area (Å²) >= 11 is 0. The number of aromatic nitrogens is 2. The molecule has 3 aliphatic rings. The molecule has 0 saturated heterocycles. The van der Waals surface area contributed by atoms with Gasteiger partial charge in [-0.1, -0.05) is 65.0 Å². The SMILES string of the molecule is CC(C)[C@H](O)C(=O)NC1Cc2ccc3c(c2)[C@@]2(c4ccccc4N[C@@H]2O3)c2oc(nc2-c2nc(CO)co2)[C@H](C(C)(C)C)NC1=O. The molecule has 5 heterocycles. The fourth-order valence-electron chi connectivity index (χ4n) is 6.61. The zero-order valence-corrected chi connectivity index (χ0v) is 26.2. The van der Waals surface area contributed by atoms with Gasteiger partial charge in [0.25, 0.3) is 0 Å². The number of anilines is 1. The third-order valence-corrected chi connectivity index (χ3v) is 9.04.